The van der Waals surface area contributed by atoms with Gasteiger partial charge in [-0.3, -0.25) is 4.79 Å². The summed E-state index contributed by atoms with van der Waals surface area (Å²) >= 11 is 0. The number of benzene rings is 1. The minimum absolute atomic E-state index is 0.0165. The Hall–Kier alpha value is -2.14. The average Bonchev–Trinajstić information content (AvgIpc) is 3.15. The number of carbonyl (C=O) groups excluding carboxylic acids is 1. The molecule has 110 valence electrons. The van der Waals surface area contributed by atoms with Gasteiger partial charge in [0.25, 0.3) is 0 Å². The SMILES string of the molecule is O=C(CNCc1ccc(-c2ccc(F)cc2)o1)NC1CC1. The molecule has 4 nitrogen and oxygen atoms in total. The molecule has 1 saturated carbocycles. The maximum atomic E-state index is 12.9. The molecule has 1 amide bonds. The van der Waals surface area contributed by atoms with Crippen molar-refractivity contribution >= 4 is 5.91 Å². The average molecular weight is 288 g/mol. The Kier molecular flexibility index (Phi) is 4.01. The highest BCUT2D eigenvalue weighted by Crippen LogP contribution is 2.22. The second-order valence-electron chi connectivity index (χ2n) is 5.22. The lowest BCUT2D eigenvalue weighted by molar-refractivity contribution is -0.120. The first-order valence-corrected chi connectivity index (χ1v) is 7.05. The number of nitrogens with one attached hydrogen (secondary N) is 2. The van der Waals surface area contributed by atoms with Gasteiger partial charge in [-0.15, -0.1) is 0 Å². The van der Waals surface area contributed by atoms with Crippen molar-refractivity contribution in [2.45, 2.75) is 25.4 Å². The Morgan fingerprint density at radius 2 is 1.95 bits per heavy atom. The summed E-state index contributed by atoms with van der Waals surface area (Å²) in [5.41, 5.74) is 0.828. The highest BCUT2D eigenvalue weighted by molar-refractivity contribution is 5.78. The fourth-order valence-corrected chi connectivity index (χ4v) is 2.05. The fourth-order valence-electron chi connectivity index (χ4n) is 2.05. The fraction of sp³-hybridized carbons (Fsp3) is 0.312. The molecule has 2 aromatic rings. The van der Waals surface area contributed by atoms with Crippen molar-refractivity contribution < 1.29 is 13.6 Å². The van der Waals surface area contributed by atoms with Crippen molar-refractivity contribution in [1.29, 1.82) is 0 Å². The lowest BCUT2D eigenvalue weighted by Gasteiger charge is -2.04. The zero-order chi connectivity index (χ0) is 14.7. The van der Waals surface area contributed by atoms with Gasteiger partial charge in [0.1, 0.15) is 17.3 Å². The van der Waals surface area contributed by atoms with E-state index in [1.54, 1.807) is 12.1 Å². The Morgan fingerprint density at radius 3 is 2.67 bits per heavy atom. The summed E-state index contributed by atoms with van der Waals surface area (Å²) in [6, 6.07) is 10.2. The maximum Gasteiger partial charge on any atom is 0.234 e. The number of rotatable bonds is 6. The molecule has 0 aliphatic heterocycles. The van der Waals surface area contributed by atoms with Crippen LogP contribution >= 0.6 is 0 Å². The molecule has 0 unspecified atom stereocenters. The van der Waals surface area contributed by atoms with Crippen LogP contribution in [0.1, 0.15) is 18.6 Å². The third kappa shape index (κ3) is 3.92. The van der Waals surface area contributed by atoms with E-state index in [0.717, 1.165) is 24.2 Å². The molecule has 0 atom stereocenters. The van der Waals surface area contributed by atoms with E-state index in [9.17, 15) is 9.18 Å². The third-order valence-corrected chi connectivity index (χ3v) is 3.32. The predicted molar refractivity (Wildman–Crippen MR) is 77.0 cm³/mol. The summed E-state index contributed by atoms with van der Waals surface area (Å²) in [6.07, 6.45) is 2.18. The molecule has 0 bridgehead atoms. The molecule has 1 aromatic heterocycles. The Labute approximate surface area is 122 Å². The number of furan rings is 1. The van der Waals surface area contributed by atoms with E-state index in [-0.39, 0.29) is 18.3 Å². The van der Waals surface area contributed by atoms with Gasteiger partial charge in [0.15, 0.2) is 0 Å². The highest BCUT2D eigenvalue weighted by atomic mass is 19.1. The quantitative estimate of drug-likeness (QED) is 0.858. The number of carbonyl (C=O) groups is 1. The smallest absolute Gasteiger partial charge is 0.234 e. The summed E-state index contributed by atoms with van der Waals surface area (Å²) in [7, 11) is 0. The second kappa shape index (κ2) is 6.10. The van der Waals surface area contributed by atoms with E-state index in [4.69, 9.17) is 4.42 Å². The van der Waals surface area contributed by atoms with Crippen molar-refractivity contribution in [3.8, 4) is 11.3 Å². The first kappa shape index (κ1) is 13.8. The topological polar surface area (TPSA) is 54.3 Å². The maximum absolute atomic E-state index is 12.9. The van der Waals surface area contributed by atoms with Gasteiger partial charge in [-0.25, -0.2) is 4.39 Å². The predicted octanol–water partition coefficient (Wildman–Crippen LogP) is 2.45. The number of halogens is 1. The first-order valence-electron chi connectivity index (χ1n) is 7.05. The molecule has 1 heterocycles. The van der Waals surface area contributed by atoms with Gasteiger partial charge in [-0.05, 0) is 49.2 Å². The Bertz CT molecular complexity index is 617. The molecule has 1 fully saturated rings. The van der Waals surface area contributed by atoms with Crippen LogP contribution in [-0.4, -0.2) is 18.5 Å². The van der Waals surface area contributed by atoms with Gasteiger partial charge >= 0.3 is 0 Å². The molecular weight excluding hydrogens is 271 g/mol. The lowest BCUT2D eigenvalue weighted by Crippen LogP contribution is -2.34. The van der Waals surface area contributed by atoms with Gasteiger partial charge in [0.05, 0.1) is 13.1 Å². The summed E-state index contributed by atoms with van der Waals surface area (Å²) in [4.78, 5) is 11.5. The van der Waals surface area contributed by atoms with E-state index in [1.807, 2.05) is 12.1 Å². The minimum atomic E-state index is -0.270. The van der Waals surface area contributed by atoms with Crippen LogP contribution in [0.25, 0.3) is 11.3 Å². The summed E-state index contributed by atoms with van der Waals surface area (Å²) in [5, 5.41) is 5.95. The standard InChI is InChI=1S/C16H17FN2O2/c17-12-3-1-11(2-4-12)15-8-7-14(21-15)9-18-10-16(20)19-13-5-6-13/h1-4,7-8,13,18H,5-6,9-10H2,(H,19,20). The Morgan fingerprint density at radius 1 is 1.19 bits per heavy atom. The minimum Gasteiger partial charge on any atom is -0.460 e. The van der Waals surface area contributed by atoms with Crippen LogP contribution < -0.4 is 10.6 Å². The third-order valence-electron chi connectivity index (χ3n) is 3.32. The monoisotopic (exact) mass is 288 g/mol. The van der Waals surface area contributed by atoms with Gasteiger partial charge in [0, 0.05) is 11.6 Å². The highest BCUT2D eigenvalue weighted by Gasteiger charge is 2.22. The van der Waals surface area contributed by atoms with Crippen LogP contribution in [0.15, 0.2) is 40.8 Å². The number of hydrogen-bond donors (Lipinski definition) is 2. The van der Waals surface area contributed by atoms with Crippen LogP contribution in [-0.2, 0) is 11.3 Å². The van der Waals surface area contributed by atoms with Gasteiger partial charge in [0.2, 0.25) is 5.91 Å². The van der Waals surface area contributed by atoms with Crippen LogP contribution in [0.4, 0.5) is 4.39 Å². The number of hydrogen-bond acceptors (Lipinski definition) is 3. The van der Waals surface area contributed by atoms with Gasteiger partial charge < -0.3 is 15.1 Å². The van der Waals surface area contributed by atoms with Crippen molar-refractivity contribution in [1.82, 2.24) is 10.6 Å². The van der Waals surface area contributed by atoms with E-state index in [1.165, 1.54) is 12.1 Å². The van der Waals surface area contributed by atoms with Crippen LogP contribution in [0.5, 0.6) is 0 Å². The van der Waals surface area contributed by atoms with Gasteiger partial charge in [-0.2, -0.15) is 0 Å². The summed E-state index contributed by atoms with van der Waals surface area (Å²) < 4.78 is 18.5. The molecule has 1 aliphatic carbocycles. The molecule has 0 radical (unpaired) electrons. The van der Waals surface area contributed by atoms with Crippen molar-refractivity contribution in [2.24, 2.45) is 0 Å². The Balaban J connectivity index is 1.50. The molecule has 1 aromatic carbocycles. The van der Waals surface area contributed by atoms with Crippen molar-refractivity contribution in [3.05, 3.63) is 48.0 Å². The van der Waals surface area contributed by atoms with E-state index >= 15 is 0 Å². The first-order chi connectivity index (χ1) is 10.2. The summed E-state index contributed by atoms with van der Waals surface area (Å²) in [5.74, 6) is 1.18. The van der Waals surface area contributed by atoms with Crippen LogP contribution in [0.3, 0.4) is 0 Å². The van der Waals surface area contributed by atoms with Crippen molar-refractivity contribution in [2.75, 3.05) is 6.54 Å². The molecule has 5 heteroatoms. The lowest BCUT2D eigenvalue weighted by atomic mass is 10.2. The molecule has 2 N–H and O–H groups in total. The van der Waals surface area contributed by atoms with Gasteiger partial charge in [-0.1, -0.05) is 0 Å². The normalized spacial score (nSPS) is 14.1. The van der Waals surface area contributed by atoms with Crippen molar-refractivity contribution in [3.63, 3.8) is 0 Å². The van der Waals surface area contributed by atoms with E-state index < -0.39 is 0 Å². The van der Waals surface area contributed by atoms with Crippen LogP contribution in [0.2, 0.25) is 0 Å². The zero-order valence-corrected chi connectivity index (χ0v) is 11.6. The van der Waals surface area contributed by atoms with E-state index in [0.29, 0.717) is 18.3 Å². The number of amides is 1. The summed E-state index contributed by atoms with van der Waals surface area (Å²) in [6.45, 7) is 0.766. The molecule has 0 saturated heterocycles. The second-order valence-corrected chi connectivity index (χ2v) is 5.22. The van der Waals surface area contributed by atoms with Crippen LogP contribution in [0, 0.1) is 5.82 Å². The largest absolute Gasteiger partial charge is 0.460 e. The molecule has 3 rings (SSSR count). The molecule has 21 heavy (non-hydrogen) atoms. The van der Waals surface area contributed by atoms with E-state index in [2.05, 4.69) is 10.6 Å². The molecular formula is C16H17FN2O2. The zero-order valence-electron chi connectivity index (χ0n) is 11.6. The molecule has 1 aliphatic rings. The molecule has 0 spiro atoms.